The van der Waals surface area contributed by atoms with Gasteiger partial charge in [-0.1, -0.05) is 0 Å². The second kappa shape index (κ2) is 5.90. The average molecular weight is 313 g/mol. The lowest BCUT2D eigenvalue weighted by Gasteiger charge is -2.03. The van der Waals surface area contributed by atoms with E-state index in [2.05, 4.69) is 8.75 Å². The number of non-ortho nitro benzene ring substituents is 1. The first-order chi connectivity index (χ1) is 10.7. The number of methoxy groups -OCH3 is 1. The zero-order valence-electron chi connectivity index (χ0n) is 11.6. The predicted octanol–water partition coefficient (Wildman–Crippen LogP) is 3.79. The maximum atomic E-state index is 10.7. The normalized spacial score (nSPS) is 10.4. The number of aromatic nitrogens is 2. The van der Waals surface area contributed by atoms with Crippen molar-refractivity contribution >= 4 is 17.4 Å². The van der Waals surface area contributed by atoms with Gasteiger partial charge in [0.25, 0.3) is 5.69 Å². The molecule has 0 amide bonds. The standard InChI is InChI=1S/C15H11N3O3S/c1-21-13-8-4-11(5-9-13)15-14(16-22-17-15)10-2-6-12(7-3-10)18(19)20/h2-9H,1H3. The van der Waals surface area contributed by atoms with Gasteiger partial charge >= 0.3 is 0 Å². The van der Waals surface area contributed by atoms with Gasteiger partial charge in [-0.15, -0.1) is 0 Å². The summed E-state index contributed by atoms with van der Waals surface area (Å²) in [6, 6.07) is 13.8. The molecule has 2 aromatic carbocycles. The number of nitro benzene ring substituents is 1. The Labute approximate surface area is 130 Å². The van der Waals surface area contributed by atoms with Crippen LogP contribution < -0.4 is 4.74 Å². The number of ether oxygens (including phenoxy) is 1. The third-order valence-electron chi connectivity index (χ3n) is 3.20. The van der Waals surface area contributed by atoms with Crippen molar-refractivity contribution < 1.29 is 9.66 Å². The Morgan fingerprint density at radius 1 is 0.955 bits per heavy atom. The molecule has 0 N–H and O–H groups in total. The molecule has 110 valence electrons. The van der Waals surface area contributed by atoms with E-state index in [-0.39, 0.29) is 5.69 Å². The molecular formula is C15H11N3O3S. The quantitative estimate of drug-likeness (QED) is 0.541. The van der Waals surface area contributed by atoms with Crippen molar-refractivity contribution in [3.8, 4) is 28.3 Å². The molecule has 22 heavy (non-hydrogen) atoms. The van der Waals surface area contributed by atoms with E-state index in [1.165, 1.54) is 12.1 Å². The lowest BCUT2D eigenvalue weighted by Crippen LogP contribution is -1.88. The van der Waals surface area contributed by atoms with Gasteiger partial charge in [0.15, 0.2) is 0 Å². The number of benzene rings is 2. The lowest BCUT2D eigenvalue weighted by atomic mass is 10.0. The van der Waals surface area contributed by atoms with Crippen LogP contribution in [0.5, 0.6) is 5.75 Å². The lowest BCUT2D eigenvalue weighted by molar-refractivity contribution is -0.384. The summed E-state index contributed by atoms with van der Waals surface area (Å²) in [5.74, 6) is 0.767. The Morgan fingerprint density at radius 3 is 1.91 bits per heavy atom. The van der Waals surface area contributed by atoms with Crippen molar-refractivity contribution in [2.24, 2.45) is 0 Å². The van der Waals surface area contributed by atoms with Crippen molar-refractivity contribution in [2.75, 3.05) is 7.11 Å². The van der Waals surface area contributed by atoms with E-state index < -0.39 is 4.92 Å². The molecule has 3 aromatic rings. The number of nitro groups is 1. The van der Waals surface area contributed by atoms with Gasteiger partial charge in [-0.05, 0) is 36.4 Å². The van der Waals surface area contributed by atoms with Crippen LogP contribution in [0.25, 0.3) is 22.5 Å². The first kappa shape index (κ1) is 14.2. The summed E-state index contributed by atoms with van der Waals surface area (Å²) in [4.78, 5) is 10.3. The van der Waals surface area contributed by atoms with E-state index in [9.17, 15) is 10.1 Å². The van der Waals surface area contributed by atoms with E-state index in [0.717, 1.165) is 34.3 Å². The van der Waals surface area contributed by atoms with Gasteiger partial charge < -0.3 is 4.74 Å². The number of hydrogen-bond acceptors (Lipinski definition) is 6. The molecule has 3 rings (SSSR count). The highest BCUT2D eigenvalue weighted by atomic mass is 32.1. The van der Waals surface area contributed by atoms with Crippen molar-refractivity contribution in [1.82, 2.24) is 8.75 Å². The van der Waals surface area contributed by atoms with Gasteiger partial charge in [0, 0.05) is 23.3 Å². The topological polar surface area (TPSA) is 78.2 Å². The number of hydrogen-bond donors (Lipinski definition) is 0. The molecule has 0 aliphatic carbocycles. The van der Waals surface area contributed by atoms with Crippen LogP contribution in [0.4, 0.5) is 5.69 Å². The highest BCUT2D eigenvalue weighted by Gasteiger charge is 2.14. The molecule has 0 atom stereocenters. The molecule has 0 aliphatic heterocycles. The summed E-state index contributed by atoms with van der Waals surface area (Å²) in [6.07, 6.45) is 0. The SMILES string of the molecule is COc1ccc(-c2nsnc2-c2ccc([N+](=O)[O-])cc2)cc1. The molecule has 0 fully saturated rings. The summed E-state index contributed by atoms with van der Waals surface area (Å²) in [5.41, 5.74) is 3.23. The van der Waals surface area contributed by atoms with Crippen LogP contribution >= 0.6 is 11.7 Å². The Balaban J connectivity index is 1.99. The van der Waals surface area contributed by atoms with E-state index >= 15 is 0 Å². The van der Waals surface area contributed by atoms with E-state index in [1.54, 1.807) is 19.2 Å². The zero-order valence-corrected chi connectivity index (χ0v) is 12.4. The Bertz CT molecular complexity index is 798. The molecule has 0 bridgehead atoms. The van der Waals surface area contributed by atoms with Crippen LogP contribution in [0.2, 0.25) is 0 Å². The number of nitrogens with zero attached hydrogens (tertiary/aromatic N) is 3. The third kappa shape index (κ3) is 2.66. The molecule has 1 aromatic heterocycles. The summed E-state index contributed by atoms with van der Waals surface area (Å²) < 4.78 is 13.8. The van der Waals surface area contributed by atoms with Gasteiger partial charge in [0.05, 0.1) is 23.8 Å². The second-order valence-corrected chi connectivity index (χ2v) is 5.02. The Kier molecular flexibility index (Phi) is 3.80. The van der Waals surface area contributed by atoms with Gasteiger partial charge in [-0.25, -0.2) is 0 Å². The van der Waals surface area contributed by atoms with Crippen LogP contribution in [0.1, 0.15) is 0 Å². The van der Waals surface area contributed by atoms with Crippen LogP contribution in [-0.2, 0) is 0 Å². The van der Waals surface area contributed by atoms with Gasteiger partial charge in [-0.2, -0.15) is 8.75 Å². The molecule has 0 unspecified atom stereocenters. The predicted molar refractivity (Wildman–Crippen MR) is 84.0 cm³/mol. The van der Waals surface area contributed by atoms with Crippen molar-refractivity contribution in [2.45, 2.75) is 0 Å². The van der Waals surface area contributed by atoms with Gasteiger partial charge in [-0.3, -0.25) is 10.1 Å². The van der Waals surface area contributed by atoms with E-state index in [1.807, 2.05) is 24.3 Å². The van der Waals surface area contributed by atoms with Crippen LogP contribution in [0.15, 0.2) is 48.5 Å². The molecule has 0 saturated carbocycles. The third-order valence-corrected chi connectivity index (χ3v) is 3.73. The minimum Gasteiger partial charge on any atom is -0.497 e. The van der Waals surface area contributed by atoms with Gasteiger partial charge in [0.2, 0.25) is 0 Å². The van der Waals surface area contributed by atoms with Crippen molar-refractivity contribution in [1.29, 1.82) is 0 Å². The minimum atomic E-state index is -0.423. The first-order valence-corrected chi connectivity index (χ1v) is 7.14. The molecule has 0 aliphatic rings. The molecule has 6 nitrogen and oxygen atoms in total. The minimum absolute atomic E-state index is 0.0536. The highest BCUT2D eigenvalue weighted by molar-refractivity contribution is 6.99. The smallest absolute Gasteiger partial charge is 0.269 e. The maximum absolute atomic E-state index is 10.7. The largest absolute Gasteiger partial charge is 0.497 e. The fourth-order valence-electron chi connectivity index (χ4n) is 2.06. The molecule has 7 heteroatoms. The highest BCUT2D eigenvalue weighted by Crippen LogP contribution is 2.31. The first-order valence-electron chi connectivity index (χ1n) is 6.41. The van der Waals surface area contributed by atoms with E-state index in [4.69, 9.17) is 4.74 Å². The fraction of sp³-hybridized carbons (Fsp3) is 0.0667. The second-order valence-electron chi connectivity index (χ2n) is 4.49. The zero-order chi connectivity index (χ0) is 15.5. The van der Waals surface area contributed by atoms with Crippen LogP contribution in [0.3, 0.4) is 0 Å². The molecule has 0 spiro atoms. The van der Waals surface area contributed by atoms with Crippen molar-refractivity contribution in [3.63, 3.8) is 0 Å². The monoisotopic (exact) mass is 313 g/mol. The molecular weight excluding hydrogens is 302 g/mol. The fourth-order valence-corrected chi connectivity index (χ4v) is 2.65. The summed E-state index contributed by atoms with van der Waals surface area (Å²) >= 11 is 1.11. The molecule has 1 heterocycles. The molecule has 0 saturated heterocycles. The maximum Gasteiger partial charge on any atom is 0.269 e. The Morgan fingerprint density at radius 2 is 1.45 bits per heavy atom. The van der Waals surface area contributed by atoms with Crippen LogP contribution in [-0.4, -0.2) is 20.8 Å². The average Bonchev–Trinajstić information content (AvgIpc) is 3.04. The number of rotatable bonds is 4. The van der Waals surface area contributed by atoms with E-state index in [0.29, 0.717) is 5.69 Å². The summed E-state index contributed by atoms with van der Waals surface area (Å²) in [5, 5.41) is 10.7. The molecule has 0 radical (unpaired) electrons. The van der Waals surface area contributed by atoms with Crippen molar-refractivity contribution in [3.05, 3.63) is 58.6 Å². The summed E-state index contributed by atoms with van der Waals surface area (Å²) in [7, 11) is 1.61. The van der Waals surface area contributed by atoms with Crippen LogP contribution in [0, 0.1) is 10.1 Å². The Hall–Kier alpha value is -2.80. The van der Waals surface area contributed by atoms with Gasteiger partial charge in [0.1, 0.15) is 17.1 Å². The summed E-state index contributed by atoms with van der Waals surface area (Å²) in [6.45, 7) is 0.